The summed E-state index contributed by atoms with van der Waals surface area (Å²) in [5.41, 5.74) is 1.85. The maximum Gasteiger partial charge on any atom is 0.319 e. The first-order chi connectivity index (χ1) is 10.2. The van der Waals surface area contributed by atoms with Gasteiger partial charge in [0.15, 0.2) is 5.82 Å². The van der Waals surface area contributed by atoms with Crippen molar-refractivity contribution in [2.45, 2.75) is 20.0 Å². The molecule has 0 aliphatic rings. The highest BCUT2D eigenvalue weighted by atomic mass is 16.5. The van der Waals surface area contributed by atoms with E-state index in [1.807, 2.05) is 31.2 Å². The fourth-order valence-corrected chi connectivity index (χ4v) is 1.76. The Morgan fingerprint density at radius 3 is 3.05 bits per heavy atom. The van der Waals surface area contributed by atoms with Crippen LogP contribution < -0.4 is 10.6 Å². The lowest BCUT2D eigenvalue weighted by Gasteiger charge is -2.07. The van der Waals surface area contributed by atoms with E-state index in [1.165, 1.54) is 0 Å². The molecule has 0 fully saturated rings. The van der Waals surface area contributed by atoms with Gasteiger partial charge in [0.2, 0.25) is 0 Å². The Morgan fingerprint density at radius 2 is 2.29 bits per heavy atom. The van der Waals surface area contributed by atoms with E-state index >= 15 is 0 Å². The number of nitrogens with one attached hydrogen (secondary N) is 2. The van der Waals surface area contributed by atoms with E-state index in [4.69, 9.17) is 9.26 Å². The number of methoxy groups -OCH3 is 1. The Balaban J connectivity index is 1.73. The van der Waals surface area contributed by atoms with Gasteiger partial charge in [0, 0.05) is 25.8 Å². The molecule has 0 saturated heterocycles. The Morgan fingerprint density at radius 1 is 1.43 bits per heavy atom. The van der Waals surface area contributed by atoms with Gasteiger partial charge in [0.05, 0.1) is 0 Å². The predicted molar refractivity (Wildman–Crippen MR) is 76.9 cm³/mol. The number of rotatable bonds is 6. The van der Waals surface area contributed by atoms with Gasteiger partial charge in [-0.2, -0.15) is 4.98 Å². The van der Waals surface area contributed by atoms with Crippen LogP contribution >= 0.6 is 0 Å². The maximum atomic E-state index is 11.7. The largest absolute Gasteiger partial charge is 0.375 e. The van der Waals surface area contributed by atoms with Crippen LogP contribution in [0, 0.1) is 6.92 Å². The summed E-state index contributed by atoms with van der Waals surface area (Å²) in [6, 6.07) is 7.33. The summed E-state index contributed by atoms with van der Waals surface area (Å²) in [5.74, 6) is 0.967. The number of aromatic nitrogens is 2. The number of urea groups is 1. The maximum absolute atomic E-state index is 11.7. The summed E-state index contributed by atoms with van der Waals surface area (Å²) >= 11 is 0. The second kappa shape index (κ2) is 7.39. The summed E-state index contributed by atoms with van der Waals surface area (Å²) in [6.07, 6.45) is 0.494. The molecule has 0 spiro atoms. The van der Waals surface area contributed by atoms with Gasteiger partial charge in [-0.15, -0.1) is 0 Å². The first-order valence-corrected chi connectivity index (χ1v) is 6.59. The number of nitrogens with zero attached hydrogens (tertiary/aromatic N) is 2. The Bertz CT molecular complexity index is 597. The minimum absolute atomic E-state index is 0.263. The van der Waals surface area contributed by atoms with Gasteiger partial charge in [-0.25, -0.2) is 4.79 Å². The molecule has 0 radical (unpaired) electrons. The normalized spacial score (nSPS) is 10.4. The SMILES string of the molecule is COCc1nc(CCNC(=O)Nc2cccc(C)c2)no1. The van der Waals surface area contributed by atoms with Gasteiger partial charge >= 0.3 is 6.03 Å². The highest BCUT2D eigenvalue weighted by Crippen LogP contribution is 2.08. The predicted octanol–water partition coefficient (Wildman–Crippen LogP) is 1.89. The molecule has 0 unspecified atom stereocenters. The fraction of sp³-hybridized carbons (Fsp3) is 0.357. The van der Waals surface area contributed by atoms with Crippen LogP contribution in [0.2, 0.25) is 0 Å². The quantitative estimate of drug-likeness (QED) is 0.848. The molecule has 2 N–H and O–H groups in total. The number of amides is 2. The lowest BCUT2D eigenvalue weighted by atomic mass is 10.2. The average molecular weight is 290 g/mol. The van der Waals surface area contributed by atoms with E-state index in [-0.39, 0.29) is 12.6 Å². The molecule has 1 aromatic heterocycles. The number of carbonyl (C=O) groups is 1. The molecule has 2 amide bonds. The van der Waals surface area contributed by atoms with Crippen LogP contribution in [0.1, 0.15) is 17.3 Å². The highest BCUT2D eigenvalue weighted by molar-refractivity contribution is 5.89. The molecule has 21 heavy (non-hydrogen) atoms. The third kappa shape index (κ3) is 4.88. The molecular weight excluding hydrogens is 272 g/mol. The van der Waals surface area contributed by atoms with Crippen molar-refractivity contribution in [2.24, 2.45) is 0 Å². The standard InChI is InChI=1S/C14H18N4O3/c1-10-4-3-5-11(8-10)16-14(19)15-7-6-12-17-13(9-20-2)21-18-12/h3-5,8H,6-7,9H2,1-2H3,(H2,15,16,19). The average Bonchev–Trinajstić information content (AvgIpc) is 2.87. The number of hydrogen-bond donors (Lipinski definition) is 2. The second-order valence-electron chi connectivity index (χ2n) is 4.54. The van der Waals surface area contributed by atoms with E-state index in [0.29, 0.717) is 24.7 Å². The summed E-state index contributed by atoms with van der Waals surface area (Å²) < 4.78 is 9.84. The molecule has 112 valence electrons. The number of hydrogen-bond acceptors (Lipinski definition) is 5. The molecule has 1 aromatic carbocycles. The molecule has 0 aliphatic heterocycles. The van der Waals surface area contributed by atoms with E-state index in [0.717, 1.165) is 11.3 Å². The van der Waals surface area contributed by atoms with Gasteiger partial charge in [-0.1, -0.05) is 17.3 Å². The zero-order chi connectivity index (χ0) is 15.1. The van der Waals surface area contributed by atoms with Crippen molar-refractivity contribution in [1.29, 1.82) is 0 Å². The Labute approximate surface area is 122 Å². The molecule has 2 rings (SSSR count). The van der Waals surface area contributed by atoms with Gasteiger partial charge < -0.3 is 19.9 Å². The topological polar surface area (TPSA) is 89.3 Å². The first-order valence-electron chi connectivity index (χ1n) is 6.59. The van der Waals surface area contributed by atoms with Crippen LogP contribution in [0.4, 0.5) is 10.5 Å². The minimum atomic E-state index is -0.263. The second-order valence-corrected chi connectivity index (χ2v) is 4.54. The monoisotopic (exact) mass is 290 g/mol. The third-order valence-electron chi connectivity index (χ3n) is 2.69. The van der Waals surface area contributed by atoms with E-state index in [9.17, 15) is 4.79 Å². The molecule has 7 nitrogen and oxygen atoms in total. The minimum Gasteiger partial charge on any atom is -0.375 e. The lowest BCUT2D eigenvalue weighted by molar-refractivity contribution is 0.151. The van der Waals surface area contributed by atoms with E-state index < -0.39 is 0 Å². The van der Waals surface area contributed by atoms with Crippen LogP contribution in [-0.4, -0.2) is 29.8 Å². The van der Waals surface area contributed by atoms with Crippen LogP contribution in [-0.2, 0) is 17.8 Å². The summed E-state index contributed by atoms with van der Waals surface area (Å²) in [4.78, 5) is 15.8. The van der Waals surface area contributed by atoms with Crippen LogP contribution in [0.5, 0.6) is 0 Å². The summed E-state index contributed by atoms with van der Waals surface area (Å²) in [7, 11) is 1.56. The molecule has 2 aromatic rings. The molecule has 1 heterocycles. The highest BCUT2D eigenvalue weighted by Gasteiger charge is 2.06. The van der Waals surface area contributed by atoms with Gasteiger partial charge in [-0.3, -0.25) is 0 Å². The van der Waals surface area contributed by atoms with Gasteiger partial charge in [0.25, 0.3) is 5.89 Å². The van der Waals surface area contributed by atoms with Crippen molar-refractivity contribution >= 4 is 11.7 Å². The molecule has 0 atom stereocenters. The van der Waals surface area contributed by atoms with Crippen molar-refractivity contribution in [2.75, 3.05) is 19.0 Å². The number of carbonyl (C=O) groups excluding carboxylic acids is 1. The van der Waals surface area contributed by atoms with Crippen molar-refractivity contribution in [3.05, 3.63) is 41.5 Å². The smallest absolute Gasteiger partial charge is 0.319 e. The van der Waals surface area contributed by atoms with Crippen molar-refractivity contribution in [3.8, 4) is 0 Å². The fourth-order valence-electron chi connectivity index (χ4n) is 1.76. The van der Waals surface area contributed by atoms with Crippen LogP contribution in [0.25, 0.3) is 0 Å². The van der Waals surface area contributed by atoms with Crippen molar-refractivity contribution in [3.63, 3.8) is 0 Å². The Kier molecular flexibility index (Phi) is 5.28. The van der Waals surface area contributed by atoms with E-state index in [2.05, 4.69) is 20.8 Å². The molecule has 0 saturated carbocycles. The molecule has 0 bridgehead atoms. The molecule has 7 heteroatoms. The Hall–Kier alpha value is -2.41. The number of anilines is 1. The lowest BCUT2D eigenvalue weighted by Crippen LogP contribution is -2.30. The van der Waals surface area contributed by atoms with E-state index in [1.54, 1.807) is 7.11 Å². The van der Waals surface area contributed by atoms with Gasteiger partial charge in [-0.05, 0) is 24.6 Å². The third-order valence-corrected chi connectivity index (χ3v) is 2.69. The van der Waals surface area contributed by atoms with Crippen molar-refractivity contribution < 1.29 is 14.1 Å². The molecular formula is C14H18N4O3. The zero-order valence-corrected chi connectivity index (χ0v) is 12.0. The summed E-state index contributed by atoms with van der Waals surface area (Å²) in [6.45, 7) is 2.68. The van der Waals surface area contributed by atoms with Crippen LogP contribution in [0.15, 0.2) is 28.8 Å². The number of benzene rings is 1. The summed E-state index contributed by atoms with van der Waals surface area (Å²) in [5, 5.41) is 9.29. The van der Waals surface area contributed by atoms with Crippen LogP contribution in [0.3, 0.4) is 0 Å². The number of aryl methyl sites for hydroxylation is 1. The first kappa shape index (κ1) is 15.0. The molecule has 0 aliphatic carbocycles. The zero-order valence-electron chi connectivity index (χ0n) is 12.0. The van der Waals surface area contributed by atoms with Crippen molar-refractivity contribution in [1.82, 2.24) is 15.5 Å². The number of ether oxygens (including phenoxy) is 1. The van der Waals surface area contributed by atoms with Gasteiger partial charge in [0.1, 0.15) is 6.61 Å².